The van der Waals surface area contributed by atoms with Gasteiger partial charge >= 0.3 is 0 Å². The molecule has 2 aromatic rings. The molecule has 0 amide bonds. The van der Waals surface area contributed by atoms with Gasteiger partial charge in [0.2, 0.25) is 5.78 Å². The SMILES string of the molecule is Nc1cccc(C(=O)c2occc2N2CCN3CCC2CC3)c1. The van der Waals surface area contributed by atoms with Crippen LogP contribution in [0.4, 0.5) is 11.4 Å². The van der Waals surface area contributed by atoms with E-state index < -0.39 is 0 Å². The van der Waals surface area contributed by atoms with Gasteiger partial charge in [0.05, 0.1) is 12.0 Å². The zero-order valence-corrected chi connectivity index (χ0v) is 13.1. The molecule has 0 saturated carbocycles. The maximum atomic E-state index is 12.8. The molecule has 0 radical (unpaired) electrons. The normalized spacial score (nSPS) is 23.7. The summed E-state index contributed by atoms with van der Waals surface area (Å²) in [5.41, 5.74) is 7.89. The van der Waals surface area contributed by atoms with E-state index in [-0.39, 0.29) is 5.78 Å². The molecule has 3 aliphatic rings. The minimum absolute atomic E-state index is 0.101. The Bertz CT molecular complexity index is 717. The molecule has 0 spiro atoms. The Labute approximate surface area is 135 Å². The van der Waals surface area contributed by atoms with E-state index in [0.717, 1.165) is 44.7 Å². The lowest BCUT2D eigenvalue weighted by molar-refractivity contribution is 0.101. The van der Waals surface area contributed by atoms with E-state index in [1.165, 1.54) is 0 Å². The first-order valence-corrected chi connectivity index (χ1v) is 8.19. The zero-order chi connectivity index (χ0) is 15.8. The molecule has 5 rings (SSSR count). The number of piperidine rings is 1. The van der Waals surface area contributed by atoms with Crippen LogP contribution in [0.5, 0.6) is 0 Å². The van der Waals surface area contributed by atoms with Crippen LogP contribution in [0.1, 0.15) is 29.0 Å². The molecule has 1 aromatic carbocycles. The van der Waals surface area contributed by atoms with E-state index in [2.05, 4.69) is 9.80 Å². The van der Waals surface area contributed by atoms with Gasteiger partial charge in [-0.25, -0.2) is 0 Å². The smallest absolute Gasteiger partial charge is 0.230 e. The molecule has 0 unspecified atom stereocenters. The van der Waals surface area contributed by atoms with Crippen molar-refractivity contribution in [1.29, 1.82) is 0 Å². The first-order chi connectivity index (χ1) is 11.2. The Balaban J connectivity index is 1.67. The first-order valence-electron chi connectivity index (χ1n) is 8.19. The second-order valence-electron chi connectivity index (χ2n) is 6.36. The largest absolute Gasteiger partial charge is 0.459 e. The molecule has 0 aliphatic carbocycles. The van der Waals surface area contributed by atoms with E-state index in [1.54, 1.807) is 30.5 Å². The summed E-state index contributed by atoms with van der Waals surface area (Å²) in [4.78, 5) is 17.7. The molecule has 0 atom stereocenters. The Morgan fingerprint density at radius 3 is 2.74 bits per heavy atom. The van der Waals surface area contributed by atoms with E-state index in [1.807, 2.05) is 6.07 Å². The Morgan fingerprint density at radius 2 is 1.96 bits per heavy atom. The molecule has 2 bridgehead atoms. The molecule has 4 heterocycles. The van der Waals surface area contributed by atoms with Crippen LogP contribution in [-0.2, 0) is 0 Å². The highest BCUT2D eigenvalue weighted by atomic mass is 16.3. The number of ketones is 1. The first kappa shape index (κ1) is 14.3. The Kier molecular flexibility index (Phi) is 3.58. The van der Waals surface area contributed by atoms with Crippen LogP contribution in [0, 0.1) is 0 Å². The summed E-state index contributed by atoms with van der Waals surface area (Å²) in [6.07, 6.45) is 3.92. The predicted octanol–water partition coefficient (Wildman–Crippen LogP) is 2.38. The van der Waals surface area contributed by atoms with Crippen LogP contribution in [0.2, 0.25) is 0 Å². The average Bonchev–Trinajstić information content (AvgIpc) is 2.86. The van der Waals surface area contributed by atoms with Crippen molar-refractivity contribution >= 4 is 17.2 Å². The van der Waals surface area contributed by atoms with E-state index in [4.69, 9.17) is 10.2 Å². The third kappa shape index (κ3) is 2.61. The Morgan fingerprint density at radius 1 is 1.13 bits per heavy atom. The van der Waals surface area contributed by atoms with Gasteiger partial charge in [0, 0.05) is 49.5 Å². The number of hydrogen-bond acceptors (Lipinski definition) is 5. The van der Waals surface area contributed by atoms with Gasteiger partial charge in [-0.2, -0.15) is 0 Å². The molecular weight excluding hydrogens is 290 g/mol. The number of hydrogen-bond donors (Lipinski definition) is 1. The molecule has 1 aromatic heterocycles. The van der Waals surface area contributed by atoms with Crippen molar-refractivity contribution in [3.8, 4) is 0 Å². The topological polar surface area (TPSA) is 62.7 Å². The fraction of sp³-hybridized carbons (Fsp3) is 0.389. The monoisotopic (exact) mass is 311 g/mol. The number of benzene rings is 1. The molecule has 120 valence electrons. The molecule has 3 aliphatic heterocycles. The van der Waals surface area contributed by atoms with Gasteiger partial charge in [0.15, 0.2) is 5.76 Å². The number of fused-ring (bicyclic) bond motifs is 4. The van der Waals surface area contributed by atoms with E-state index >= 15 is 0 Å². The summed E-state index contributed by atoms with van der Waals surface area (Å²) in [5.74, 6) is 0.326. The van der Waals surface area contributed by atoms with Crippen LogP contribution >= 0.6 is 0 Å². The summed E-state index contributed by atoms with van der Waals surface area (Å²) in [7, 11) is 0. The standard InChI is InChI=1S/C18H21N3O2/c19-14-3-1-2-13(12-14)17(22)18-16(6-11-23-18)21-10-9-20-7-4-15(21)5-8-20/h1-3,6,11-12,15H,4-5,7-10,19H2. The molecule has 23 heavy (non-hydrogen) atoms. The summed E-state index contributed by atoms with van der Waals surface area (Å²) < 4.78 is 5.58. The predicted molar refractivity (Wildman–Crippen MR) is 89.8 cm³/mol. The quantitative estimate of drug-likeness (QED) is 0.696. The van der Waals surface area contributed by atoms with E-state index in [0.29, 0.717) is 23.1 Å². The number of rotatable bonds is 3. The average molecular weight is 311 g/mol. The number of nitrogens with two attached hydrogens (primary N) is 1. The Hall–Kier alpha value is -2.27. The van der Waals surface area contributed by atoms with Crippen molar-refractivity contribution < 1.29 is 9.21 Å². The maximum Gasteiger partial charge on any atom is 0.230 e. The summed E-state index contributed by atoms with van der Waals surface area (Å²) >= 11 is 0. The number of carbonyl (C=O) groups excluding carboxylic acids is 1. The van der Waals surface area contributed by atoms with Gasteiger partial charge in [0.1, 0.15) is 0 Å². The number of nitrogens with zero attached hydrogens (tertiary/aromatic N) is 2. The van der Waals surface area contributed by atoms with Crippen LogP contribution in [-0.4, -0.2) is 42.9 Å². The van der Waals surface area contributed by atoms with Gasteiger partial charge in [0.25, 0.3) is 0 Å². The van der Waals surface area contributed by atoms with Crippen molar-refractivity contribution in [1.82, 2.24) is 4.90 Å². The van der Waals surface area contributed by atoms with Gasteiger partial charge < -0.3 is 20.0 Å². The van der Waals surface area contributed by atoms with Crippen LogP contribution < -0.4 is 10.6 Å². The molecule has 5 heteroatoms. The van der Waals surface area contributed by atoms with Crippen molar-refractivity contribution in [3.05, 3.63) is 47.9 Å². The number of furan rings is 1. The third-order valence-corrected chi connectivity index (χ3v) is 4.96. The lowest BCUT2D eigenvalue weighted by atomic mass is 10.0. The molecule has 3 fully saturated rings. The van der Waals surface area contributed by atoms with Crippen LogP contribution in [0.3, 0.4) is 0 Å². The highest BCUT2D eigenvalue weighted by molar-refractivity contribution is 6.10. The van der Waals surface area contributed by atoms with Gasteiger partial charge in [-0.1, -0.05) is 12.1 Å². The lowest BCUT2D eigenvalue weighted by Crippen LogP contribution is -2.38. The highest BCUT2D eigenvalue weighted by Gasteiger charge is 2.32. The second-order valence-corrected chi connectivity index (χ2v) is 6.36. The zero-order valence-electron chi connectivity index (χ0n) is 13.1. The minimum atomic E-state index is -0.101. The summed E-state index contributed by atoms with van der Waals surface area (Å²) in [5, 5.41) is 0. The second kappa shape index (κ2) is 5.74. The van der Waals surface area contributed by atoms with E-state index in [9.17, 15) is 4.79 Å². The van der Waals surface area contributed by atoms with Crippen molar-refractivity contribution in [3.63, 3.8) is 0 Å². The number of nitrogen functional groups attached to an aromatic ring is 1. The molecule has 5 nitrogen and oxygen atoms in total. The van der Waals surface area contributed by atoms with Crippen LogP contribution in [0.25, 0.3) is 0 Å². The van der Waals surface area contributed by atoms with Gasteiger partial charge in [-0.15, -0.1) is 0 Å². The molecular formula is C18H21N3O2. The summed E-state index contributed by atoms with van der Waals surface area (Å²) in [6.45, 7) is 4.30. The molecule has 2 N–H and O–H groups in total. The minimum Gasteiger partial charge on any atom is -0.459 e. The number of carbonyl (C=O) groups is 1. The number of anilines is 2. The van der Waals surface area contributed by atoms with Crippen molar-refractivity contribution in [2.24, 2.45) is 0 Å². The maximum absolute atomic E-state index is 12.8. The highest BCUT2D eigenvalue weighted by Crippen LogP contribution is 2.31. The fourth-order valence-corrected chi connectivity index (χ4v) is 3.71. The van der Waals surface area contributed by atoms with Gasteiger partial charge in [-0.3, -0.25) is 4.79 Å². The molecule has 3 saturated heterocycles. The van der Waals surface area contributed by atoms with Crippen LogP contribution in [0.15, 0.2) is 41.0 Å². The fourth-order valence-electron chi connectivity index (χ4n) is 3.71. The summed E-state index contributed by atoms with van der Waals surface area (Å²) in [6, 6.07) is 9.49. The van der Waals surface area contributed by atoms with Crippen molar-refractivity contribution in [2.75, 3.05) is 36.8 Å². The third-order valence-electron chi connectivity index (χ3n) is 4.96. The van der Waals surface area contributed by atoms with Crippen molar-refractivity contribution in [2.45, 2.75) is 18.9 Å². The lowest BCUT2D eigenvalue weighted by Gasteiger charge is -2.32. The van der Waals surface area contributed by atoms with Gasteiger partial charge in [-0.05, 0) is 25.0 Å².